The van der Waals surface area contributed by atoms with Crippen molar-refractivity contribution < 1.29 is 17.6 Å². The Hall–Kier alpha value is -3.57. The molecule has 0 fully saturated rings. The van der Waals surface area contributed by atoms with Crippen LogP contribution >= 0.6 is 0 Å². The van der Waals surface area contributed by atoms with Crippen LogP contribution in [0.4, 0.5) is 6.01 Å². The molecule has 1 N–H and O–H groups in total. The number of carbonyl (C=O) groups excluding carboxylic acids is 1. The van der Waals surface area contributed by atoms with E-state index in [4.69, 9.17) is 4.42 Å². The van der Waals surface area contributed by atoms with Gasteiger partial charge in [-0.1, -0.05) is 17.3 Å². The summed E-state index contributed by atoms with van der Waals surface area (Å²) in [6.07, 6.45) is 4.62. The number of amides is 1. The molecule has 2 aromatic heterocycles. The van der Waals surface area contributed by atoms with E-state index in [0.717, 1.165) is 0 Å². The van der Waals surface area contributed by atoms with Crippen LogP contribution in [0, 0.1) is 0 Å². The van der Waals surface area contributed by atoms with Gasteiger partial charge in [-0.2, -0.15) is 9.40 Å². The van der Waals surface area contributed by atoms with E-state index < -0.39 is 15.9 Å². The van der Waals surface area contributed by atoms with Gasteiger partial charge in [-0.15, -0.1) is 18.3 Å². The minimum atomic E-state index is -3.75. The Morgan fingerprint density at radius 2 is 1.81 bits per heavy atom. The van der Waals surface area contributed by atoms with Crippen molar-refractivity contribution in [2.24, 2.45) is 0 Å². The maximum absolute atomic E-state index is 12.8. The summed E-state index contributed by atoms with van der Waals surface area (Å²) in [5.41, 5.74) is 0.862. The predicted molar refractivity (Wildman–Crippen MR) is 119 cm³/mol. The van der Waals surface area contributed by atoms with Crippen molar-refractivity contribution in [1.29, 1.82) is 0 Å². The second-order valence-electron chi connectivity index (χ2n) is 7.05. The van der Waals surface area contributed by atoms with Gasteiger partial charge in [-0.05, 0) is 44.2 Å². The third-order valence-electron chi connectivity index (χ3n) is 4.44. The molecule has 10 nitrogen and oxygen atoms in total. The third-order valence-corrected chi connectivity index (χ3v) is 6.29. The molecule has 1 aromatic carbocycles. The quantitative estimate of drug-likeness (QED) is 0.465. The maximum atomic E-state index is 12.8. The van der Waals surface area contributed by atoms with Crippen LogP contribution in [0.5, 0.6) is 0 Å². The average molecular weight is 457 g/mol. The molecule has 11 heteroatoms. The van der Waals surface area contributed by atoms with Crippen molar-refractivity contribution in [1.82, 2.24) is 24.3 Å². The molecule has 0 atom stereocenters. The molecular formula is C21H24N6O4S. The molecule has 3 rings (SSSR count). The molecule has 32 heavy (non-hydrogen) atoms. The lowest BCUT2D eigenvalue weighted by molar-refractivity contribution is 0.102. The van der Waals surface area contributed by atoms with Crippen molar-refractivity contribution in [3.63, 3.8) is 0 Å². The molecule has 0 bridgehead atoms. The Kier molecular flexibility index (Phi) is 7.01. The molecule has 1 amide bonds. The number of aromatic nitrogens is 4. The van der Waals surface area contributed by atoms with Crippen molar-refractivity contribution in [2.75, 3.05) is 18.4 Å². The average Bonchev–Trinajstić information content (AvgIpc) is 3.43. The molecule has 3 aromatic rings. The molecule has 0 saturated heterocycles. The summed E-state index contributed by atoms with van der Waals surface area (Å²) in [6.45, 7) is 11.4. The van der Waals surface area contributed by atoms with E-state index in [1.807, 2.05) is 13.8 Å². The summed E-state index contributed by atoms with van der Waals surface area (Å²) < 4.78 is 34.0. The van der Waals surface area contributed by atoms with Crippen LogP contribution in [0.15, 0.2) is 71.2 Å². The second kappa shape index (κ2) is 9.71. The minimum absolute atomic E-state index is 0.0553. The highest BCUT2D eigenvalue weighted by Gasteiger charge is 2.23. The molecule has 168 valence electrons. The van der Waals surface area contributed by atoms with Gasteiger partial charge in [0.2, 0.25) is 10.0 Å². The zero-order valence-electron chi connectivity index (χ0n) is 17.8. The Bertz CT molecular complexity index is 1200. The molecule has 0 unspecified atom stereocenters. The van der Waals surface area contributed by atoms with Crippen LogP contribution in [-0.4, -0.2) is 51.7 Å². The van der Waals surface area contributed by atoms with Crippen LogP contribution in [0.1, 0.15) is 30.2 Å². The summed E-state index contributed by atoms with van der Waals surface area (Å²) >= 11 is 0. The first-order chi connectivity index (χ1) is 15.3. The molecule has 0 aliphatic carbocycles. The summed E-state index contributed by atoms with van der Waals surface area (Å²) in [5.74, 6) is -0.298. The van der Waals surface area contributed by atoms with Gasteiger partial charge in [0.15, 0.2) is 0 Å². The molecular weight excluding hydrogens is 432 g/mol. The van der Waals surface area contributed by atoms with E-state index in [1.165, 1.54) is 40.7 Å². The first-order valence-electron chi connectivity index (χ1n) is 9.78. The van der Waals surface area contributed by atoms with Crippen LogP contribution in [-0.2, 0) is 10.0 Å². The molecule has 0 aliphatic heterocycles. The van der Waals surface area contributed by atoms with Gasteiger partial charge >= 0.3 is 6.01 Å². The van der Waals surface area contributed by atoms with Gasteiger partial charge in [0.1, 0.15) is 5.69 Å². The second-order valence-corrected chi connectivity index (χ2v) is 8.98. The fourth-order valence-electron chi connectivity index (χ4n) is 2.93. The van der Waals surface area contributed by atoms with Gasteiger partial charge in [0.25, 0.3) is 11.8 Å². The van der Waals surface area contributed by atoms with Gasteiger partial charge < -0.3 is 4.42 Å². The lowest BCUT2D eigenvalue weighted by Crippen LogP contribution is -2.31. The fraction of sp³-hybridized carbons (Fsp3) is 0.238. The molecule has 2 heterocycles. The van der Waals surface area contributed by atoms with Crippen molar-refractivity contribution >= 4 is 21.9 Å². The van der Waals surface area contributed by atoms with Crippen molar-refractivity contribution in [3.05, 3.63) is 67.4 Å². The van der Waals surface area contributed by atoms with E-state index in [9.17, 15) is 13.2 Å². The Balaban J connectivity index is 1.74. The third kappa shape index (κ3) is 4.84. The normalized spacial score (nSPS) is 11.6. The van der Waals surface area contributed by atoms with Crippen LogP contribution in [0.2, 0.25) is 0 Å². The summed E-state index contributed by atoms with van der Waals surface area (Å²) in [6, 6.07) is 7.30. The number of rotatable bonds is 10. The lowest BCUT2D eigenvalue weighted by Gasteiger charge is -2.19. The van der Waals surface area contributed by atoms with Gasteiger partial charge in [0.05, 0.1) is 4.90 Å². The van der Waals surface area contributed by atoms with Crippen molar-refractivity contribution in [2.45, 2.75) is 24.8 Å². The van der Waals surface area contributed by atoms with Crippen molar-refractivity contribution in [3.8, 4) is 11.6 Å². The smallest absolute Gasteiger partial charge is 0.322 e. The lowest BCUT2D eigenvalue weighted by atomic mass is 10.2. The van der Waals surface area contributed by atoms with E-state index in [-0.39, 0.29) is 41.5 Å². The number of benzene rings is 1. The zero-order valence-corrected chi connectivity index (χ0v) is 18.6. The summed E-state index contributed by atoms with van der Waals surface area (Å²) in [5, 5.41) is 14.5. The van der Waals surface area contributed by atoms with E-state index >= 15 is 0 Å². The topological polar surface area (TPSA) is 123 Å². The highest BCUT2D eigenvalue weighted by Crippen LogP contribution is 2.23. The Morgan fingerprint density at radius 3 is 2.41 bits per heavy atom. The van der Waals surface area contributed by atoms with E-state index in [2.05, 4.69) is 33.8 Å². The molecule has 0 radical (unpaired) electrons. The van der Waals surface area contributed by atoms with Gasteiger partial charge in [0, 0.05) is 30.9 Å². The number of carbonyl (C=O) groups is 1. The number of hydrogen-bond acceptors (Lipinski definition) is 7. The van der Waals surface area contributed by atoms with Gasteiger partial charge in [-0.3, -0.25) is 14.8 Å². The number of hydrogen-bond donors (Lipinski definition) is 1. The van der Waals surface area contributed by atoms with Crippen LogP contribution in [0.3, 0.4) is 0 Å². The maximum Gasteiger partial charge on any atom is 0.322 e. The minimum Gasteiger partial charge on any atom is -0.401 e. The Labute approximate surface area is 186 Å². The fourth-order valence-corrected chi connectivity index (χ4v) is 4.31. The number of sulfonamides is 1. The van der Waals surface area contributed by atoms with E-state index in [1.54, 1.807) is 16.9 Å². The summed E-state index contributed by atoms with van der Waals surface area (Å²) in [7, 11) is -3.75. The molecule has 0 spiro atoms. The monoisotopic (exact) mass is 456 g/mol. The SMILES string of the molecule is C=CCN(CC=C)S(=O)(=O)c1ccc(C(=O)Nc2nnc(-c3ccnn3C(C)C)o2)cc1. The van der Waals surface area contributed by atoms with Crippen LogP contribution < -0.4 is 5.32 Å². The van der Waals surface area contributed by atoms with Crippen LogP contribution in [0.25, 0.3) is 11.6 Å². The highest BCUT2D eigenvalue weighted by molar-refractivity contribution is 7.89. The first kappa shape index (κ1) is 23.1. The number of nitrogens with one attached hydrogen (secondary N) is 1. The largest absolute Gasteiger partial charge is 0.401 e. The first-order valence-corrected chi connectivity index (χ1v) is 11.2. The molecule has 0 aliphatic rings. The molecule has 0 saturated carbocycles. The standard InChI is InChI=1S/C21H24N6O4S/c1-5-13-26(14-6-2)32(29,30)17-9-7-16(8-10-17)19(28)23-21-25-24-20(31-21)18-11-12-22-27(18)15(3)4/h5-12,15H,1-2,13-14H2,3-4H3,(H,23,25,28). The zero-order chi connectivity index (χ0) is 23.3. The van der Waals surface area contributed by atoms with Gasteiger partial charge in [-0.25, -0.2) is 8.42 Å². The predicted octanol–water partition coefficient (Wildman–Crippen LogP) is 3.13. The number of nitrogens with zero attached hydrogens (tertiary/aromatic N) is 5. The summed E-state index contributed by atoms with van der Waals surface area (Å²) in [4.78, 5) is 12.6. The Morgan fingerprint density at radius 1 is 1.16 bits per heavy atom. The van der Waals surface area contributed by atoms with E-state index in [0.29, 0.717) is 5.69 Å². The number of anilines is 1. The highest BCUT2D eigenvalue weighted by atomic mass is 32.2.